The van der Waals surface area contributed by atoms with Gasteiger partial charge in [-0.05, 0) is 67.3 Å². The van der Waals surface area contributed by atoms with E-state index in [1.54, 1.807) is 0 Å². The fourth-order valence-electron chi connectivity index (χ4n) is 7.14. The highest BCUT2D eigenvalue weighted by atomic mass is 16.7. The molecule has 1 aliphatic heterocycles. The lowest BCUT2D eigenvalue weighted by atomic mass is 9.46. The average Bonchev–Trinajstić information content (AvgIpc) is 3.09. The minimum absolute atomic E-state index is 0.207. The molecule has 0 amide bonds. The lowest BCUT2D eigenvalue weighted by Crippen LogP contribution is -2.55. The Balaban J connectivity index is 1.58. The minimum Gasteiger partial charge on any atom is -0.389 e. The van der Waals surface area contributed by atoms with E-state index < -0.39 is 0 Å². The van der Waals surface area contributed by atoms with Gasteiger partial charge >= 0.3 is 0 Å². The van der Waals surface area contributed by atoms with Crippen molar-refractivity contribution >= 4 is 0 Å². The van der Waals surface area contributed by atoms with Crippen molar-refractivity contribution in [2.24, 2.45) is 22.7 Å². The van der Waals surface area contributed by atoms with Crippen molar-refractivity contribution < 1.29 is 14.6 Å². The topological polar surface area (TPSA) is 38.7 Å². The first-order valence-electron chi connectivity index (χ1n) is 9.26. The molecule has 3 nitrogen and oxygen atoms in total. The van der Waals surface area contributed by atoms with E-state index in [0.717, 1.165) is 32.5 Å². The third-order valence-corrected chi connectivity index (χ3v) is 8.13. The molecular formula is C19H28O3. The van der Waals surface area contributed by atoms with Crippen LogP contribution in [0, 0.1) is 22.7 Å². The first-order valence-corrected chi connectivity index (χ1v) is 9.26. The zero-order chi connectivity index (χ0) is 15.0. The molecule has 3 saturated carbocycles. The zero-order valence-electron chi connectivity index (χ0n) is 13.6. The lowest BCUT2D eigenvalue weighted by molar-refractivity contribution is -0.222. The van der Waals surface area contributed by atoms with E-state index in [0.29, 0.717) is 17.3 Å². The van der Waals surface area contributed by atoms with Gasteiger partial charge in [-0.25, -0.2) is 0 Å². The van der Waals surface area contributed by atoms with Crippen LogP contribution in [-0.2, 0) is 9.47 Å². The minimum atomic E-state index is -0.275. The van der Waals surface area contributed by atoms with Crippen LogP contribution in [0.25, 0.3) is 0 Å². The number of aliphatic hydroxyl groups is 1. The molecule has 1 N–H and O–H groups in total. The highest BCUT2D eigenvalue weighted by Crippen LogP contribution is 2.73. The predicted octanol–water partition coefficient (Wildman–Crippen LogP) is 3.42. The Labute approximate surface area is 133 Å². The fraction of sp³-hybridized carbons (Fsp3) is 0.895. The molecule has 4 aliphatic carbocycles. The molecule has 2 bridgehead atoms. The first kappa shape index (κ1) is 14.0. The molecule has 5 rings (SSSR count). The summed E-state index contributed by atoms with van der Waals surface area (Å²) in [5.74, 6) is 0.918. The van der Waals surface area contributed by atoms with Crippen molar-refractivity contribution in [1.29, 1.82) is 0 Å². The largest absolute Gasteiger partial charge is 0.389 e. The van der Waals surface area contributed by atoms with Crippen LogP contribution < -0.4 is 0 Å². The van der Waals surface area contributed by atoms with Gasteiger partial charge in [0.15, 0.2) is 5.79 Å². The number of allylic oxidation sites excluding steroid dienone is 1. The van der Waals surface area contributed by atoms with E-state index in [9.17, 15) is 5.11 Å². The second-order valence-corrected chi connectivity index (χ2v) is 8.63. The van der Waals surface area contributed by atoms with Crippen LogP contribution in [-0.4, -0.2) is 30.2 Å². The maximum Gasteiger partial charge on any atom is 0.171 e. The Kier molecular flexibility index (Phi) is 2.78. The molecule has 0 aromatic carbocycles. The summed E-state index contributed by atoms with van der Waals surface area (Å²) in [6.45, 7) is 3.99. The summed E-state index contributed by atoms with van der Waals surface area (Å²) in [7, 11) is 0. The van der Waals surface area contributed by atoms with E-state index in [-0.39, 0.29) is 17.3 Å². The van der Waals surface area contributed by atoms with Crippen LogP contribution in [0.15, 0.2) is 11.6 Å². The molecule has 2 spiro atoms. The summed E-state index contributed by atoms with van der Waals surface area (Å²) in [5, 5.41) is 10.8. The maximum absolute atomic E-state index is 10.8. The molecule has 1 heterocycles. The smallest absolute Gasteiger partial charge is 0.171 e. The number of hydrogen-bond donors (Lipinski definition) is 1. The average molecular weight is 304 g/mol. The van der Waals surface area contributed by atoms with Gasteiger partial charge in [0, 0.05) is 12.3 Å². The summed E-state index contributed by atoms with van der Waals surface area (Å²) < 4.78 is 12.2. The molecule has 5 atom stereocenters. The molecule has 0 aromatic rings. The van der Waals surface area contributed by atoms with Crippen molar-refractivity contribution in [3.8, 4) is 0 Å². The zero-order valence-corrected chi connectivity index (χ0v) is 13.6. The Hall–Kier alpha value is -0.380. The molecular weight excluding hydrogens is 276 g/mol. The van der Waals surface area contributed by atoms with E-state index in [2.05, 4.69) is 13.0 Å². The predicted molar refractivity (Wildman–Crippen MR) is 83.2 cm³/mol. The molecule has 1 saturated heterocycles. The Morgan fingerprint density at radius 1 is 1.09 bits per heavy atom. The van der Waals surface area contributed by atoms with Crippen LogP contribution >= 0.6 is 0 Å². The standard InChI is InChI=1S/C19H28O3/c1-17-5-3-2-4-15(17)16(20)11-13-10-14-12-18(13,17)6-7-19(14)21-8-9-22-19/h4,13-14,16,20H,2-3,5-12H2,1H3/t13-,14?,16+,17+,18+/m1/s1. The van der Waals surface area contributed by atoms with Crippen molar-refractivity contribution in [3.05, 3.63) is 11.6 Å². The van der Waals surface area contributed by atoms with Crippen LogP contribution in [0.3, 0.4) is 0 Å². The first-order chi connectivity index (χ1) is 10.6. The lowest BCUT2D eigenvalue weighted by Gasteiger charge is -2.60. The van der Waals surface area contributed by atoms with Gasteiger partial charge in [-0.2, -0.15) is 0 Å². The van der Waals surface area contributed by atoms with Gasteiger partial charge < -0.3 is 14.6 Å². The van der Waals surface area contributed by atoms with Crippen molar-refractivity contribution in [1.82, 2.24) is 0 Å². The van der Waals surface area contributed by atoms with Gasteiger partial charge in [0.05, 0.1) is 19.3 Å². The molecule has 3 heteroatoms. The third kappa shape index (κ3) is 1.49. The number of aliphatic hydroxyl groups excluding tert-OH is 1. The number of ether oxygens (including phenoxy) is 2. The maximum atomic E-state index is 10.8. The van der Waals surface area contributed by atoms with Gasteiger partial charge in [-0.3, -0.25) is 0 Å². The quantitative estimate of drug-likeness (QED) is 0.697. The molecule has 122 valence electrons. The van der Waals surface area contributed by atoms with Gasteiger partial charge in [0.25, 0.3) is 0 Å². The summed E-state index contributed by atoms with van der Waals surface area (Å²) >= 11 is 0. The Morgan fingerprint density at radius 2 is 1.91 bits per heavy atom. The monoisotopic (exact) mass is 304 g/mol. The number of hydrogen-bond acceptors (Lipinski definition) is 3. The summed E-state index contributed by atoms with van der Waals surface area (Å²) in [6.07, 6.45) is 11.6. The van der Waals surface area contributed by atoms with Crippen LogP contribution in [0.5, 0.6) is 0 Å². The Bertz CT molecular complexity index is 521. The molecule has 0 radical (unpaired) electrons. The van der Waals surface area contributed by atoms with E-state index in [4.69, 9.17) is 9.47 Å². The van der Waals surface area contributed by atoms with Gasteiger partial charge in [0.2, 0.25) is 0 Å². The van der Waals surface area contributed by atoms with E-state index >= 15 is 0 Å². The highest BCUT2D eigenvalue weighted by Gasteiger charge is 2.68. The van der Waals surface area contributed by atoms with Crippen LogP contribution in [0.4, 0.5) is 0 Å². The fourth-order valence-corrected chi connectivity index (χ4v) is 7.14. The summed E-state index contributed by atoms with van der Waals surface area (Å²) in [5.41, 5.74) is 1.98. The number of rotatable bonds is 0. The molecule has 5 aliphatic rings. The van der Waals surface area contributed by atoms with Crippen molar-refractivity contribution in [2.75, 3.05) is 13.2 Å². The number of fused-ring (bicyclic) bond motifs is 3. The van der Waals surface area contributed by atoms with Gasteiger partial charge in [-0.1, -0.05) is 13.0 Å². The SMILES string of the molecule is C[C@]12CCCC=C1[C@@H](O)C[C@H]1CC3C[C@@]12CCC31OCCO1. The molecule has 4 fully saturated rings. The highest BCUT2D eigenvalue weighted by molar-refractivity contribution is 5.31. The third-order valence-electron chi connectivity index (χ3n) is 8.13. The Morgan fingerprint density at radius 3 is 2.73 bits per heavy atom. The molecule has 1 unspecified atom stereocenters. The van der Waals surface area contributed by atoms with Crippen LogP contribution in [0.1, 0.15) is 58.3 Å². The van der Waals surface area contributed by atoms with E-state index in [1.165, 1.54) is 37.7 Å². The van der Waals surface area contributed by atoms with E-state index in [1.807, 2.05) is 0 Å². The van der Waals surface area contributed by atoms with Crippen molar-refractivity contribution in [3.63, 3.8) is 0 Å². The van der Waals surface area contributed by atoms with Crippen LogP contribution in [0.2, 0.25) is 0 Å². The second kappa shape index (κ2) is 4.37. The van der Waals surface area contributed by atoms with Crippen molar-refractivity contribution in [2.45, 2.75) is 70.2 Å². The second-order valence-electron chi connectivity index (χ2n) is 8.63. The normalized spacial score (nSPS) is 52.3. The summed E-state index contributed by atoms with van der Waals surface area (Å²) in [6, 6.07) is 0. The molecule has 22 heavy (non-hydrogen) atoms. The van der Waals surface area contributed by atoms with Gasteiger partial charge in [-0.15, -0.1) is 0 Å². The molecule has 0 aromatic heterocycles. The summed E-state index contributed by atoms with van der Waals surface area (Å²) in [4.78, 5) is 0. The van der Waals surface area contributed by atoms with Gasteiger partial charge in [0.1, 0.15) is 0 Å².